The summed E-state index contributed by atoms with van der Waals surface area (Å²) in [7, 11) is 0. The molecular formula is C18H21FN4O. The minimum atomic E-state index is -0.186. The zero-order valence-electron chi connectivity index (χ0n) is 13.5. The number of hydrogen-bond donors (Lipinski definition) is 1. The fourth-order valence-corrected chi connectivity index (χ4v) is 3.71. The number of likely N-dealkylation sites (tertiary alicyclic amines) is 1. The molecule has 2 atom stereocenters. The van der Waals surface area contributed by atoms with Gasteiger partial charge in [-0.3, -0.25) is 9.88 Å². The molecule has 5 nitrogen and oxygen atoms in total. The highest BCUT2D eigenvalue weighted by atomic mass is 19.1. The van der Waals surface area contributed by atoms with Crippen LogP contribution in [0.25, 0.3) is 0 Å². The summed E-state index contributed by atoms with van der Waals surface area (Å²) in [6.45, 7) is 3.47. The van der Waals surface area contributed by atoms with Crippen molar-refractivity contribution in [1.29, 1.82) is 0 Å². The normalized spacial score (nSPS) is 27.0. The minimum Gasteiger partial charge on any atom is -0.371 e. The van der Waals surface area contributed by atoms with Gasteiger partial charge in [-0.1, -0.05) is 12.1 Å². The molecule has 0 unspecified atom stereocenters. The van der Waals surface area contributed by atoms with Crippen LogP contribution in [0.5, 0.6) is 0 Å². The van der Waals surface area contributed by atoms with E-state index in [0.29, 0.717) is 6.61 Å². The van der Waals surface area contributed by atoms with Crippen LogP contribution >= 0.6 is 0 Å². The molecule has 2 aliphatic heterocycles. The second-order valence-corrected chi connectivity index (χ2v) is 6.72. The van der Waals surface area contributed by atoms with Gasteiger partial charge in [0.2, 0.25) is 0 Å². The highest BCUT2D eigenvalue weighted by Gasteiger charge is 2.45. The van der Waals surface area contributed by atoms with Gasteiger partial charge in [0, 0.05) is 38.4 Å². The maximum Gasteiger partial charge on any atom is 0.144 e. The SMILES string of the molecule is Fc1ccc(CN2CC[C@]3(C[C@H](Nc4cnccn4)CO3)C2)cc1. The number of benzene rings is 1. The summed E-state index contributed by atoms with van der Waals surface area (Å²) >= 11 is 0. The quantitative estimate of drug-likeness (QED) is 0.934. The van der Waals surface area contributed by atoms with Gasteiger partial charge in [0.1, 0.15) is 11.6 Å². The van der Waals surface area contributed by atoms with Crippen molar-refractivity contribution < 1.29 is 9.13 Å². The average Bonchev–Trinajstić information content (AvgIpc) is 3.17. The molecule has 2 aromatic rings. The maximum absolute atomic E-state index is 13.0. The summed E-state index contributed by atoms with van der Waals surface area (Å²) < 4.78 is 19.2. The van der Waals surface area contributed by atoms with E-state index in [9.17, 15) is 4.39 Å². The molecular weight excluding hydrogens is 307 g/mol. The third-order valence-electron chi connectivity index (χ3n) is 4.84. The Labute approximate surface area is 140 Å². The van der Waals surface area contributed by atoms with E-state index >= 15 is 0 Å². The number of anilines is 1. The number of nitrogens with zero attached hydrogens (tertiary/aromatic N) is 3. The van der Waals surface area contributed by atoms with Crippen molar-refractivity contribution >= 4 is 5.82 Å². The van der Waals surface area contributed by atoms with E-state index in [0.717, 1.165) is 43.9 Å². The zero-order valence-corrected chi connectivity index (χ0v) is 13.5. The first-order valence-electron chi connectivity index (χ1n) is 8.34. The van der Waals surface area contributed by atoms with Crippen molar-refractivity contribution in [2.45, 2.75) is 31.0 Å². The van der Waals surface area contributed by atoms with Crippen molar-refractivity contribution in [3.8, 4) is 0 Å². The molecule has 0 aliphatic carbocycles. The van der Waals surface area contributed by atoms with Crippen LogP contribution in [0.2, 0.25) is 0 Å². The van der Waals surface area contributed by atoms with E-state index < -0.39 is 0 Å². The number of hydrogen-bond acceptors (Lipinski definition) is 5. The second kappa shape index (κ2) is 6.45. The van der Waals surface area contributed by atoms with Crippen molar-refractivity contribution in [3.63, 3.8) is 0 Å². The molecule has 3 heterocycles. The van der Waals surface area contributed by atoms with E-state index in [2.05, 4.69) is 20.2 Å². The molecule has 0 amide bonds. The van der Waals surface area contributed by atoms with Gasteiger partial charge in [0.05, 0.1) is 24.4 Å². The number of rotatable bonds is 4. The molecule has 6 heteroatoms. The van der Waals surface area contributed by atoms with E-state index in [-0.39, 0.29) is 17.5 Å². The van der Waals surface area contributed by atoms with Gasteiger partial charge in [0.25, 0.3) is 0 Å². The molecule has 0 radical (unpaired) electrons. The molecule has 126 valence electrons. The zero-order chi connectivity index (χ0) is 16.4. The smallest absolute Gasteiger partial charge is 0.144 e. The highest BCUT2D eigenvalue weighted by molar-refractivity contribution is 5.32. The van der Waals surface area contributed by atoms with Gasteiger partial charge in [-0.2, -0.15) is 0 Å². The van der Waals surface area contributed by atoms with Gasteiger partial charge >= 0.3 is 0 Å². The fourth-order valence-electron chi connectivity index (χ4n) is 3.71. The van der Waals surface area contributed by atoms with Gasteiger partial charge in [-0.05, 0) is 24.1 Å². The Bertz CT molecular complexity index is 681. The van der Waals surface area contributed by atoms with Crippen molar-refractivity contribution in [2.24, 2.45) is 0 Å². The lowest BCUT2D eigenvalue weighted by Crippen LogP contribution is -2.33. The van der Waals surface area contributed by atoms with Gasteiger partial charge < -0.3 is 10.1 Å². The van der Waals surface area contributed by atoms with E-state index in [1.807, 2.05) is 12.1 Å². The number of ether oxygens (including phenoxy) is 1. The third kappa shape index (κ3) is 3.39. The Morgan fingerprint density at radius 2 is 2.17 bits per heavy atom. The lowest BCUT2D eigenvalue weighted by molar-refractivity contribution is 0.0120. The summed E-state index contributed by atoms with van der Waals surface area (Å²) in [6, 6.07) is 7.03. The van der Waals surface area contributed by atoms with Gasteiger partial charge in [-0.25, -0.2) is 9.37 Å². The van der Waals surface area contributed by atoms with Crippen LogP contribution in [0.3, 0.4) is 0 Å². The molecule has 1 N–H and O–H groups in total. The Kier molecular flexibility index (Phi) is 4.16. The maximum atomic E-state index is 13.0. The highest BCUT2D eigenvalue weighted by Crippen LogP contribution is 2.36. The summed E-state index contributed by atoms with van der Waals surface area (Å²) in [4.78, 5) is 10.7. The van der Waals surface area contributed by atoms with Crippen molar-refractivity contribution in [1.82, 2.24) is 14.9 Å². The fraction of sp³-hybridized carbons (Fsp3) is 0.444. The predicted octanol–water partition coefficient (Wildman–Crippen LogP) is 2.46. The first-order chi connectivity index (χ1) is 11.7. The predicted molar refractivity (Wildman–Crippen MR) is 89.0 cm³/mol. The first-order valence-corrected chi connectivity index (χ1v) is 8.34. The summed E-state index contributed by atoms with van der Waals surface area (Å²) in [5, 5.41) is 3.40. The Balaban J connectivity index is 1.33. The van der Waals surface area contributed by atoms with Crippen LogP contribution in [0, 0.1) is 5.82 Å². The van der Waals surface area contributed by atoms with Crippen LogP contribution in [-0.4, -0.2) is 46.2 Å². The molecule has 1 aromatic heterocycles. The van der Waals surface area contributed by atoms with Crippen LogP contribution in [0.15, 0.2) is 42.9 Å². The molecule has 2 fully saturated rings. The number of aromatic nitrogens is 2. The largest absolute Gasteiger partial charge is 0.371 e. The summed E-state index contributed by atoms with van der Waals surface area (Å²) in [5.74, 6) is 0.609. The van der Waals surface area contributed by atoms with Crippen molar-refractivity contribution in [3.05, 3.63) is 54.2 Å². The van der Waals surface area contributed by atoms with E-state index in [1.165, 1.54) is 12.1 Å². The summed E-state index contributed by atoms with van der Waals surface area (Å²) in [6.07, 6.45) is 7.10. The topological polar surface area (TPSA) is 50.3 Å². The lowest BCUT2D eigenvalue weighted by Gasteiger charge is -2.23. The van der Waals surface area contributed by atoms with Gasteiger partial charge in [0.15, 0.2) is 0 Å². The molecule has 0 bridgehead atoms. The second-order valence-electron chi connectivity index (χ2n) is 6.72. The Morgan fingerprint density at radius 1 is 1.29 bits per heavy atom. The molecule has 2 aliphatic rings. The van der Waals surface area contributed by atoms with Crippen molar-refractivity contribution in [2.75, 3.05) is 25.0 Å². The van der Waals surface area contributed by atoms with E-state index in [4.69, 9.17) is 4.74 Å². The average molecular weight is 328 g/mol. The van der Waals surface area contributed by atoms with E-state index in [1.54, 1.807) is 18.6 Å². The van der Waals surface area contributed by atoms with Crippen LogP contribution in [0.4, 0.5) is 10.2 Å². The molecule has 1 spiro atoms. The minimum absolute atomic E-state index is 0.0695. The van der Waals surface area contributed by atoms with Crippen LogP contribution in [0.1, 0.15) is 18.4 Å². The molecule has 24 heavy (non-hydrogen) atoms. The molecule has 4 rings (SSSR count). The Hall–Kier alpha value is -2.05. The monoisotopic (exact) mass is 328 g/mol. The molecule has 2 saturated heterocycles. The molecule has 0 saturated carbocycles. The molecule has 1 aromatic carbocycles. The number of halogens is 1. The van der Waals surface area contributed by atoms with Gasteiger partial charge in [-0.15, -0.1) is 0 Å². The van der Waals surface area contributed by atoms with Crippen LogP contribution in [-0.2, 0) is 11.3 Å². The Morgan fingerprint density at radius 3 is 2.96 bits per heavy atom. The summed E-state index contributed by atoms with van der Waals surface area (Å²) in [5.41, 5.74) is 1.07. The third-order valence-corrected chi connectivity index (χ3v) is 4.84. The lowest BCUT2D eigenvalue weighted by atomic mass is 9.97. The first kappa shape index (κ1) is 15.5. The number of nitrogens with one attached hydrogen (secondary N) is 1. The van der Waals surface area contributed by atoms with Crippen LogP contribution < -0.4 is 5.32 Å². The standard InChI is InChI=1S/C18H21FN4O/c19-15-3-1-14(2-4-15)11-23-8-5-18(13-23)9-16(12-24-18)22-17-10-20-6-7-21-17/h1-4,6-7,10,16H,5,8-9,11-13H2,(H,21,22)/t16-,18-/m0/s1.